The van der Waals surface area contributed by atoms with Gasteiger partial charge in [-0.2, -0.15) is 0 Å². The van der Waals surface area contributed by atoms with Crippen LogP contribution in [0.1, 0.15) is 11.5 Å². The lowest BCUT2D eigenvalue weighted by Crippen LogP contribution is -2.12. The van der Waals surface area contributed by atoms with Crippen LogP contribution >= 0.6 is 0 Å². The molecule has 1 rings (SSSR count). The molecule has 0 aliphatic heterocycles. The molecule has 0 spiro atoms. The Morgan fingerprint density at radius 2 is 1.94 bits per heavy atom. The SMILES string of the molecule is COC(=O)/C=C(/C(=O)OC)c1c(N)nc(C)n1C. The third kappa shape index (κ3) is 2.50. The number of hydrogen-bond donors (Lipinski definition) is 1. The van der Waals surface area contributed by atoms with E-state index in [9.17, 15) is 9.59 Å². The van der Waals surface area contributed by atoms with Crippen molar-refractivity contribution in [3.05, 3.63) is 17.6 Å². The molecule has 0 bridgehead atoms. The van der Waals surface area contributed by atoms with Gasteiger partial charge in [0.05, 0.1) is 25.5 Å². The molecule has 0 aromatic carbocycles. The van der Waals surface area contributed by atoms with Gasteiger partial charge in [0.25, 0.3) is 0 Å². The van der Waals surface area contributed by atoms with E-state index in [1.165, 1.54) is 14.2 Å². The summed E-state index contributed by atoms with van der Waals surface area (Å²) in [5, 5.41) is 0. The van der Waals surface area contributed by atoms with Gasteiger partial charge in [0.2, 0.25) is 0 Å². The first-order valence-corrected chi connectivity index (χ1v) is 5.09. The van der Waals surface area contributed by atoms with Crippen molar-refractivity contribution in [2.45, 2.75) is 6.92 Å². The van der Waals surface area contributed by atoms with E-state index in [4.69, 9.17) is 5.73 Å². The molecule has 1 aromatic rings. The fourth-order valence-corrected chi connectivity index (χ4v) is 1.47. The number of aromatic nitrogens is 2. The Balaban J connectivity index is 3.40. The number of aryl methyl sites for hydroxylation is 1. The molecule has 98 valence electrons. The zero-order valence-electron chi connectivity index (χ0n) is 10.7. The number of nitrogen functional groups attached to an aromatic ring is 1. The van der Waals surface area contributed by atoms with E-state index >= 15 is 0 Å². The lowest BCUT2D eigenvalue weighted by molar-refractivity contribution is -0.136. The molecule has 7 heteroatoms. The van der Waals surface area contributed by atoms with Gasteiger partial charge in [-0.15, -0.1) is 0 Å². The number of esters is 2. The first-order valence-electron chi connectivity index (χ1n) is 5.09. The second kappa shape index (κ2) is 5.35. The Labute approximate surface area is 104 Å². The minimum atomic E-state index is -0.685. The zero-order chi connectivity index (χ0) is 13.9. The van der Waals surface area contributed by atoms with Gasteiger partial charge in [0, 0.05) is 13.1 Å². The Bertz CT molecular complexity index is 517. The standard InChI is InChI=1S/C11H15N3O4/c1-6-13-10(12)9(14(6)2)7(11(16)18-4)5-8(15)17-3/h5H,12H2,1-4H3/b7-5+. The third-order valence-electron chi connectivity index (χ3n) is 2.47. The number of nitrogens with two attached hydrogens (primary N) is 1. The van der Waals surface area contributed by atoms with E-state index in [0.717, 1.165) is 6.08 Å². The van der Waals surface area contributed by atoms with Crippen LogP contribution in [0.15, 0.2) is 6.08 Å². The van der Waals surface area contributed by atoms with Crippen molar-refractivity contribution < 1.29 is 19.1 Å². The molecule has 2 N–H and O–H groups in total. The maximum atomic E-state index is 11.7. The van der Waals surface area contributed by atoms with Crippen molar-refractivity contribution in [1.29, 1.82) is 0 Å². The average Bonchev–Trinajstić information content (AvgIpc) is 2.59. The first-order chi connectivity index (χ1) is 8.42. The number of ether oxygens (including phenoxy) is 2. The summed E-state index contributed by atoms with van der Waals surface area (Å²) in [7, 11) is 4.11. The van der Waals surface area contributed by atoms with Crippen molar-refractivity contribution in [2.24, 2.45) is 7.05 Å². The van der Waals surface area contributed by atoms with Crippen molar-refractivity contribution in [2.75, 3.05) is 20.0 Å². The summed E-state index contributed by atoms with van der Waals surface area (Å²) in [4.78, 5) is 27.0. The third-order valence-corrected chi connectivity index (χ3v) is 2.47. The van der Waals surface area contributed by atoms with Crippen LogP contribution in [-0.4, -0.2) is 35.7 Å². The number of methoxy groups -OCH3 is 2. The van der Waals surface area contributed by atoms with E-state index in [-0.39, 0.29) is 11.4 Å². The molecule has 0 aliphatic carbocycles. The van der Waals surface area contributed by atoms with Gasteiger partial charge in [-0.1, -0.05) is 0 Å². The summed E-state index contributed by atoms with van der Waals surface area (Å²) < 4.78 is 10.7. The summed E-state index contributed by atoms with van der Waals surface area (Å²) in [5.74, 6) is -0.596. The number of carbonyl (C=O) groups excluding carboxylic acids is 2. The molecule has 0 aliphatic rings. The first kappa shape index (κ1) is 13.8. The van der Waals surface area contributed by atoms with Crippen LogP contribution in [0.2, 0.25) is 0 Å². The Morgan fingerprint density at radius 3 is 2.33 bits per heavy atom. The summed E-state index contributed by atoms with van der Waals surface area (Å²) in [6.45, 7) is 1.73. The van der Waals surface area contributed by atoms with Gasteiger partial charge in [-0.05, 0) is 6.92 Å². The number of anilines is 1. The topological polar surface area (TPSA) is 96.4 Å². The van der Waals surface area contributed by atoms with Crippen molar-refractivity contribution in [1.82, 2.24) is 9.55 Å². The van der Waals surface area contributed by atoms with Gasteiger partial charge >= 0.3 is 11.9 Å². The Kier molecular flexibility index (Phi) is 4.09. The zero-order valence-corrected chi connectivity index (χ0v) is 10.7. The highest BCUT2D eigenvalue weighted by Crippen LogP contribution is 2.23. The van der Waals surface area contributed by atoms with Gasteiger partial charge in [-0.3, -0.25) is 0 Å². The predicted molar refractivity (Wildman–Crippen MR) is 64.4 cm³/mol. The normalized spacial score (nSPS) is 11.2. The maximum Gasteiger partial charge on any atom is 0.340 e. The molecular weight excluding hydrogens is 238 g/mol. The van der Waals surface area contributed by atoms with Gasteiger partial charge in [0.1, 0.15) is 11.6 Å². The number of hydrogen-bond acceptors (Lipinski definition) is 6. The fourth-order valence-electron chi connectivity index (χ4n) is 1.47. The molecule has 0 saturated carbocycles. The second-order valence-corrected chi connectivity index (χ2v) is 3.52. The second-order valence-electron chi connectivity index (χ2n) is 3.52. The molecule has 0 radical (unpaired) electrons. The molecule has 0 fully saturated rings. The summed E-state index contributed by atoms with van der Waals surface area (Å²) in [6, 6.07) is 0. The van der Waals surface area contributed by atoms with E-state index < -0.39 is 11.9 Å². The van der Waals surface area contributed by atoms with Crippen molar-refractivity contribution >= 4 is 23.3 Å². The molecule has 1 aromatic heterocycles. The smallest absolute Gasteiger partial charge is 0.340 e. The summed E-state index contributed by atoms with van der Waals surface area (Å²) >= 11 is 0. The number of nitrogens with zero attached hydrogens (tertiary/aromatic N) is 2. The highest BCUT2D eigenvalue weighted by Gasteiger charge is 2.22. The number of imidazole rings is 1. The van der Waals surface area contributed by atoms with Gasteiger partial charge in [0.15, 0.2) is 0 Å². The maximum absolute atomic E-state index is 11.7. The van der Waals surface area contributed by atoms with E-state index in [0.29, 0.717) is 11.5 Å². The molecular formula is C11H15N3O4. The number of carbonyl (C=O) groups is 2. The van der Waals surface area contributed by atoms with Crippen LogP contribution in [0.5, 0.6) is 0 Å². The summed E-state index contributed by atoms with van der Waals surface area (Å²) in [6.07, 6.45) is 1.03. The molecule has 0 atom stereocenters. The molecule has 0 unspecified atom stereocenters. The van der Waals surface area contributed by atoms with Crippen LogP contribution in [0.25, 0.3) is 5.57 Å². The average molecular weight is 253 g/mol. The molecule has 7 nitrogen and oxygen atoms in total. The minimum absolute atomic E-state index is 0.00458. The Morgan fingerprint density at radius 1 is 1.33 bits per heavy atom. The molecule has 1 heterocycles. The minimum Gasteiger partial charge on any atom is -0.466 e. The molecule has 0 amide bonds. The van der Waals surface area contributed by atoms with Crippen LogP contribution in [0, 0.1) is 6.92 Å². The Hall–Kier alpha value is -2.31. The van der Waals surface area contributed by atoms with E-state index in [1.54, 1.807) is 18.5 Å². The lowest BCUT2D eigenvalue weighted by atomic mass is 10.1. The van der Waals surface area contributed by atoms with Gasteiger partial charge < -0.3 is 19.8 Å². The molecule has 18 heavy (non-hydrogen) atoms. The highest BCUT2D eigenvalue weighted by atomic mass is 16.5. The largest absolute Gasteiger partial charge is 0.466 e. The highest BCUT2D eigenvalue weighted by molar-refractivity contribution is 6.21. The van der Waals surface area contributed by atoms with Crippen molar-refractivity contribution in [3.8, 4) is 0 Å². The number of rotatable bonds is 3. The summed E-state index contributed by atoms with van der Waals surface area (Å²) in [5.41, 5.74) is 6.05. The van der Waals surface area contributed by atoms with Crippen LogP contribution in [-0.2, 0) is 26.1 Å². The van der Waals surface area contributed by atoms with Crippen molar-refractivity contribution in [3.63, 3.8) is 0 Å². The lowest BCUT2D eigenvalue weighted by Gasteiger charge is -2.07. The van der Waals surface area contributed by atoms with Crippen LogP contribution in [0.4, 0.5) is 5.82 Å². The molecule has 0 saturated heterocycles. The van der Waals surface area contributed by atoms with Gasteiger partial charge in [-0.25, -0.2) is 14.6 Å². The van der Waals surface area contributed by atoms with Crippen LogP contribution in [0.3, 0.4) is 0 Å². The van der Waals surface area contributed by atoms with Crippen LogP contribution < -0.4 is 5.73 Å². The van der Waals surface area contributed by atoms with E-state index in [2.05, 4.69) is 14.5 Å². The predicted octanol–water partition coefficient (Wildman–Crippen LogP) is 0.0401. The monoisotopic (exact) mass is 253 g/mol. The fraction of sp³-hybridized carbons (Fsp3) is 0.364. The quantitative estimate of drug-likeness (QED) is 0.603. The van der Waals surface area contributed by atoms with E-state index in [1.807, 2.05) is 0 Å².